The minimum atomic E-state index is -2.63. The average molecular weight is 563 g/mol. The van der Waals surface area contributed by atoms with E-state index in [0.717, 1.165) is 52.1 Å². The molecule has 41 heavy (non-hydrogen) atoms. The number of alkyl halides is 2. The Hall–Kier alpha value is -3.76. The Balaban J connectivity index is 1.80. The van der Waals surface area contributed by atoms with E-state index in [-0.39, 0.29) is 24.8 Å². The van der Waals surface area contributed by atoms with Crippen LogP contribution in [0.5, 0.6) is 0 Å². The van der Waals surface area contributed by atoms with Crippen molar-refractivity contribution in [2.75, 3.05) is 39.1 Å². The van der Waals surface area contributed by atoms with Gasteiger partial charge in [-0.2, -0.15) is 0 Å². The molecule has 0 bridgehead atoms. The molecule has 0 saturated heterocycles. The number of fused-ring (bicyclic) bond motifs is 3. The number of benzene rings is 1. The van der Waals surface area contributed by atoms with Gasteiger partial charge in [0.05, 0.1) is 22.8 Å². The molecule has 10 heteroatoms. The molecule has 3 heterocycles. The smallest absolute Gasteiger partial charge is 0.248 e. The number of aromatic nitrogens is 3. The van der Waals surface area contributed by atoms with Gasteiger partial charge in [-0.25, -0.2) is 19.6 Å². The largest absolute Gasteiger partial charge is 0.401 e. The highest BCUT2D eigenvalue weighted by Crippen LogP contribution is 2.45. The van der Waals surface area contributed by atoms with Crippen molar-refractivity contribution in [1.29, 1.82) is 0 Å². The van der Waals surface area contributed by atoms with Crippen LogP contribution in [0, 0.1) is 5.92 Å². The lowest BCUT2D eigenvalue weighted by molar-refractivity contribution is -0.0493. The van der Waals surface area contributed by atoms with Gasteiger partial charge < -0.3 is 25.5 Å². The number of nitrogens with one attached hydrogen (secondary N) is 1. The fourth-order valence-electron chi connectivity index (χ4n) is 6.15. The van der Waals surface area contributed by atoms with E-state index in [0.29, 0.717) is 24.2 Å². The number of hydrogen-bond acceptors (Lipinski definition) is 7. The maximum atomic E-state index is 14.4. The molecule has 4 aromatic rings. The second-order valence-corrected chi connectivity index (χ2v) is 11.2. The minimum absolute atomic E-state index is 0.00426. The Morgan fingerprint density at radius 2 is 1.85 bits per heavy atom. The molecule has 3 aromatic heterocycles. The van der Waals surface area contributed by atoms with Gasteiger partial charge in [0, 0.05) is 62.9 Å². The van der Waals surface area contributed by atoms with Gasteiger partial charge in [-0.05, 0) is 56.5 Å². The summed E-state index contributed by atoms with van der Waals surface area (Å²) in [5, 5.41) is 5.60. The van der Waals surface area contributed by atoms with Crippen LogP contribution in [0.4, 0.5) is 14.6 Å². The molecule has 1 fully saturated rings. The molecule has 1 aliphatic carbocycles. The second-order valence-electron chi connectivity index (χ2n) is 11.2. The molecule has 5 N–H and O–H groups in total. The summed E-state index contributed by atoms with van der Waals surface area (Å²) in [5.74, 6) is 4.38. The van der Waals surface area contributed by atoms with Crippen LogP contribution in [0.25, 0.3) is 27.8 Å². The molecule has 8 nitrogen and oxygen atoms in total. The van der Waals surface area contributed by atoms with Gasteiger partial charge in [0.1, 0.15) is 11.5 Å². The molecule has 0 amide bonds. The van der Waals surface area contributed by atoms with Crippen molar-refractivity contribution >= 4 is 33.6 Å². The maximum Gasteiger partial charge on any atom is 0.248 e. The quantitative estimate of drug-likeness (QED) is 0.193. The Morgan fingerprint density at radius 3 is 2.49 bits per heavy atom. The molecule has 1 unspecified atom stereocenters. The van der Waals surface area contributed by atoms with Gasteiger partial charge >= 0.3 is 0 Å². The van der Waals surface area contributed by atoms with E-state index in [9.17, 15) is 8.78 Å². The van der Waals surface area contributed by atoms with Gasteiger partial charge in [0.25, 0.3) is 0 Å². The summed E-state index contributed by atoms with van der Waals surface area (Å²) in [5.41, 5.74) is 11.8. The zero-order valence-electron chi connectivity index (χ0n) is 24.2. The van der Waals surface area contributed by atoms with Gasteiger partial charge in [-0.3, -0.25) is 4.98 Å². The lowest BCUT2D eigenvalue weighted by Gasteiger charge is -2.35. The molecule has 5 rings (SSSR count). The number of anilines is 1. The summed E-state index contributed by atoms with van der Waals surface area (Å²) in [6.07, 6.45) is 2.38. The van der Waals surface area contributed by atoms with E-state index in [1.807, 2.05) is 45.3 Å². The van der Waals surface area contributed by atoms with Crippen LogP contribution in [-0.4, -0.2) is 59.7 Å². The highest BCUT2D eigenvalue weighted by atomic mass is 19.3. The van der Waals surface area contributed by atoms with Crippen LogP contribution in [0.2, 0.25) is 0 Å². The molecule has 1 atom stereocenters. The van der Waals surface area contributed by atoms with Crippen molar-refractivity contribution in [1.82, 2.24) is 24.9 Å². The number of hydrogen-bond donors (Lipinski definition) is 3. The third-order valence-corrected chi connectivity index (χ3v) is 8.19. The van der Waals surface area contributed by atoms with Crippen molar-refractivity contribution in [3.63, 3.8) is 0 Å². The standard InChI is InChI=1S/C31H40F2N8/c1-20(34)28(40(4)35)23-18-25-27(37-19-23)24-10-11-26(39(3)17-16-36-2)38-30(24)41(25)29(21-8-6-5-7-9-21)22-12-14-31(32,33)15-13-22/h5-11,18-19,22,29,36H,12-17,34-35H2,1-4H3/b28-20-. The van der Waals surface area contributed by atoms with Gasteiger partial charge in [0.2, 0.25) is 5.92 Å². The molecule has 1 saturated carbocycles. The van der Waals surface area contributed by atoms with E-state index >= 15 is 0 Å². The second kappa shape index (κ2) is 11.6. The Kier molecular flexibility index (Phi) is 8.15. The Morgan fingerprint density at radius 1 is 1.15 bits per heavy atom. The van der Waals surface area contributed by atoms with Crippen LogP contribution in [0.15, 0.2) is 60.4 Å². The zero-order chi connectivity index (χ0) is 29.3. The fourth-order valence-corrected chi connectivity index (χ4v) is 6.15. The molecule has 0 radical (unpaired) electrons. The van der Waals surface area contributed by atoms with E-state index in [4.69, 9.17) is 21.5 Å². The van der Waals surface area contributed by atoms with Gasteiger partial charge in [-0.15, -0.1) is 0 Å². The Labute approximate surface area is 240 Å². The SMILES string of the molecule is CNCCN(C)c1ccc2c3ncc(/C(=C(\C)N)N(C)N)cc3n(C(c3ccccc3)C3CCC(F)(F)CC3)c2n1. The van der Waals surface area contributed by atoms with E-state index in [1.54, 1.807) is 13.2 Å². The number of halogens is 2. The summed E-state index contributed by atoms with van der Waals surface area (Å²) in [7, 11) is 5.69. The lowest BCUT2D eigenvalue weighted by atomic mass is 9.79. The summed E-state index contributed by atoms with van der Waals surface area (Å²) in [6, 6.07) is 16.1. The van der Waals surface area contributed by atoms with Crippen LogP contribution in [0.1, 0.15) is 49.8 Å². The van der Waals surface area contributed by atoms with E-state index in [2.05, 4.69) is 39.0 Å². The van der Waals surface area contributed by atoms with Crippen LogP contribution < -0.4 is 21.8 Å². The predicted molar refractivity (Wildman–Crippen MR) is 162 cm³/mol. The number of nitrogens with zero attached hydrogens (tertiary/aromatic N) is 5. The van der Waals surface area contributed by atoms with Gasteiger partial charge in [0.15, 0.2) is 0 Å². The highest BCUT2D eigenvalue weighted by Gasteiger charge is 2.39. The fraction of sp³-hybridized carbons (Fsp3) is 0.419. The summed E-state index contributed by atoms with van der Waals surface area (Å²) in [4.78, 5) is 12.2. The molecular formula is C31H40F2N8. The number of nitrogens with two attached hydrogens (primary N) is 2. The first-order valence-corrected chi connectivity index (χ1v) is 14.2. The van der Waals surface area contributed by atoms with Crippen molar-refractivity contribution < 1.29 is 8.78 Å². The normalized spacial score (nSPS) is 17.0. The highest BCUT2D eigenvalue weighted by molar-refractivity contribution is 6.05. The first-order chi connectivity index (χ1) is 19.6. The van der Waals surface area contributed by atoms with Crippen molar-refractivity contribution in [2.45, 2.75) is 44.6 Å². The zero-order valence-corrected chi connectivity index (χ0v) is 24.2. The molecule has 0 aliphatic heterocycles. The number of rotatable bonds is 9. The Bertz CT molecular complexity index is 1530. The summed E-state index contributed by atoms with van der Waals surface area (Å²) < 4.78 is 30.9. The minimum Gasteiger partial charge on any atom is -0.401 e. The van der Waals surface area contributed by atoms with Crippen LogP contribution in [-0.2, 0) is 0 Å². The molecule has 1 aromatic carbocycles. The van der Waals surface area contributed by atoms with Crippen molar-refractivity contribution in [3.05, 3.63) is 71.6 Å². The summed E-state index contributed by atoms with van der Waals surface area (Å²) in [6.45, 7) is 3.40. The first-order valence-electron chi connectivity index (χ1n) is 14.2. The molecule has 1 aliphatic rings. The lowest BCUT2D eigenvalue weighted by Crippen LogP contribution is -2.31. The predicted octanol–water partition coefficient (Wildman–Crippen LogP) is 5.11. The topological polar surface area (TPSA) is 101 Å². The van der Waals surface area contributed by atoms with Gasteiger partial charge in [-0.1, -0.05) is 30.3 Å². The monoisotopic (exact) mass is 562 g/mol. The molecule has 0 spiro atoms. The third-order valence-electron chi connectivity index (χ3n) is 8.19. The number of likely N-dealkylation sites (N-methyl/N-ethyl adjacent to an activating group) is 2. The van der Waals surface area contributed by atoms with E-state index in [1.165, 1.54) is 5.01 Å². The number of pyridine rings is 2. The maximum absolute atomic E-state index is 14.4. The number of hydrazine groups is 1. The van der Waals surface area contributed by atoms with Crippen molar-refractivity contribution in [2.24, 2.45) is 17.5 Å². The first kappa shape index (κ1) is 28.8. The van der Waals surface area contributed by atoms with Crippen molar-refractivity contribution in [3.8, 4) is 0 Å². The molecular weight excluding hydrogens is 522 g/mol. The van der Waals surface area contributed by atoms with Crippen LogP contribution in [0.3, 0.4) is 0 Å². The van der Waals surface area contributed by atoms with Crippen LogP contribution >= 0.6 is 0 Å². The average Bonchev–Trinajstić information content (AvgIpc) is 3.25. The third kappa shape index (κ3) is 5.71. The van der Waals surface area contributed by atoms with E-state index < -0.39 is 5.92 Å². The summed E-state index contributed by atoms with van der Waals surface area (Å²) >= 11 is 0. The number of allylic oxidation sites excluding steroid dienone is 1. The molecule has 218 valence electrons.